The van der Waals surface area contributed by atoms with Crippen molar-refractivity contribution in [1.29, 1.82) is 0 Å². The molecule has 0 saturated heterocycles. The molecule has 0 fully saturated rings. The summed E-state index contributed by atoms with van der Waals surface area (Å²) in [6.07, 6.45) is 1.69. The van der Waals surface area contributed by atoms with Crippen LogP contribution in [0, 0.1) is 19.7 Å². The Morgan fingerprint density at radius 3 is 2.38 bits per heavy atom. The third-order valence-electron chi connectivity index (χ3n) is 6.73. The summed E-state index contributed by atoms with van der Waals surface area (Å²) in [5, 5.41) is 11.6. The summed E-state index contributed by atoms with van der Waals surface area (Å²) in [5.74, 6) is 1.27. The van der Waals surface area contributed by atoms with E-state index in [-0.39, 0.29) is 18.3 Å². The van der Waals surface area contributed by atoms with Crippen molar-refractivity contribution in [2.24, 2.45) is 0 Å². The van der Waals surface area contributed by atoms with E-state index in [1.165, 1.54) is 23.9 Å². The highest BCUT2D eigenvalue weighted by Crippen LogP contribution is 2.33. The van der Waals surface area contributed by atoms with Crippen LogP contribution in [0.2, 0.25) is 0 Å². The molecule has 0 bridgehead atoms. The minimum Gasteiger partial charge on any atom is -0.493 e. The number of imidazole rings is 1. The number of rotatable bonds is 10. The topological polar surface area (TPSA) is 104 Å². The summed E-state index contributed by atoms with van der Waals surface area (Å²) in [5.41, 5.74) is 4.92. The van der Waals surface area contributed by atoms with Crippen molar-refractivity contribution in [2.75, 3.05) is 19.5 Å². The van der Waals surface area contributed by atoms with Crippen molar-refractivity contribution in [3.05, 3.63) is 89.7 Å². The first-order valence-corrected chi connectivity index (χ1v) is 14.0. The van der Waals surface area contributed by atoms with Gasteiger partial charge in [0, 0.05) is 11.3 Å². The van der Waals surface area contributed by atoms with Crippen LogP contribution >= 0.6 is 11.8 Å². The van der Waals surface area contributed by atoms with Crippen LogP contribution in [-0.4, -0.2) is 45.1 Å². The summed E-state index contributed by atoms with van der Waals surface area (Å²) in [7, 11) is 3.12. The molecule has 11 heteroatoms. The third-order valence-corrected chi connectivity index (χ3v) is 7.83. The molecule has 1 atom stereocenters. The van der Waals surface area contributed by atoms with E-state index in [0.717, 1.165) is 22.4 Å². The number of aromatic nitrogens is 4. The normalized spacial score (nSPS) is 11.8. The summed E-state index contributed by atoms with van der Waals surface area (Å²) < 4.78 is 32.3. The number of hydrogen-bond donors (Lipinski definition) is 1. The Balaban J connectivity index is 1.43. The van der Waals surface area contributed by atoms with Gasteiger partial charge in [0.1, 0.15) is 12.4 Å². The number of anilines is 1. The number of benzene rings is 3. The summed E-state index contributed by atoms with van der Waals surface area (Å²) in [6.45, 7) is 5.93. The van der Waals surface area contributed by atoms with Crippen LogP contribution in [0.5, 0.6) is 11.5 Å². The number of ether oxygens (including phenoxy) is 2. The fourth-order valence-corrected chi connectivity index (χ4v) is 5.33. The molecule has 5 rings (SSSR count). The van der Waals surface area contributed by atoms with Crippen molar-refractivity contribution < 1.29 is 23.1 Å². The average molecular weight is 588 g/mol. The zero-order valence-electron chi connectivity index (χ0n) is 23.8. The lowest BCUT2D eigenvalue weighted by atomic mass is 10.1. The molecule has 0 spiro atoms. The number of halogens is 1. The van der Waals surface area contributed by atoms with Gasteiger partial charge in [-0.05, 0) is 79.9 Å². The Bertz CT molecular complexity index is 1700. The maximum absolute atomic E-state index is 13.7. The number of thioether (sulfide) groups is 1. The molecule has 0 saturated carbocycles. The Kier molecular flexibility index (Phi) is 8.58. The molecule has 9 nitrogen and oxygen atoms in total. The lowest BCUT2D eigenvalue weighted by Gasteiger charge is -2.16. The molecule has 0 radical (unpaired) electrons. The third kappa shape index (κ3) is 6.15. The lowest BCUT2D eigenvalue weighted by Crippen LogP contribution is -2.24. The van der Waals surface area contributed by atoms with E-state index >= 15 is 0 Å². The van der Waals surface area contributed by atoms with Gasteiger partial charge in [-0.1, -0.05) is 30.0 Å². The minimum absolute atomic E-state index is 0.149. The molecule has 1 amide bonds. The van der Waals surface area contributed by atoms with Gasteiger partial charge in [-0.15, -0.1) is 10.2 Å². The van der Waals surface area contributed by atoms with Crippen molar-refractivity contribution in [1.82, 2.24) is 19.7 Å². The van der Waals surface area contributed by atoms with E-state index in [1.807, 2.05) is 43.5 Å². The molecule has 2 aromatic heterocycles. The van der Waals surface area contributed by atoms with E-state index in [9.17, 15) is 9.18 Å². The number of carbonyl (C=O) groups excluding carboxylic acids is 1. The minimum atomic E-state index is -0.476. The largest absolute Gasteiger partial charge is 0.493 e. The van der Waals surface area contributed by atoms with Crippen molar-refractivity contribution in [3.63, 3.8) is 0 Å². The average Bonchev–Trinajstić information content (AvgIpc) is 3.62. The first-order valence-electron chi connectivity index (χ1n) is 13.2. The van der Waals surface area contributed by atoms with Crippen LogP contribution in [0.4, 0.5) is 10.1 Å². The summed E-state index contributed by atoms with van der Waals surface area (Å²) in [6, 6.07) is 17.3. The maximum atomic E-state index is 13.7. The Hall–Kier alpha value is -4.64. The highest BCUT2D eigenvalue weighted by Gasteiger charge is 2.22. The predicted octanol–water partition coefficient (Wildman–Crippen LogP) is 6.54. The SMILES string of the molecule is COc1ccc(-c2nnc(Cn3c(-c4ccc(F)cc4)cnc3S[C@@H](C)C(=O)Nc3c(C)cccc3C)o2)cc1OC. The fraction of sp³-hybridized carbons (Fsp3) is 0.226. The smallest absolute Gasteiger partial charge is 0.247 e. The second kappa shape index (κ2) is 12.5. The molecule has 0 aliphatic carbocycles. The number of hydrogen-bond acceptors (Lipinski definition) is 8. The van der Waals surface area contributed by atoms with Crippen LogP contribution < -0.4 is 14.8 Å². The first-order chi connectivity index (χ1) is 20.3. The van der Waals surface area contributed by atoms with Crippen molar-refractivity contribution in [3.8, 4) is 34.2 Å². The monoisotopic (exact) mass is 587 g/mol. The lowest BCUT2D eigenvalue weighted by molar-refractivity contribution is -0.115. The van der Waals surface area contributed by atoms with E-state index in [2.05, 4.69) is 20.5 Å². The molecule has 1 N–H and O–H groups in total. The van der Waals surface area contributed by atoms with Gasteiger partial charge >= 0.3 is 0 Å². The number of nitrogens with zero attached hydrogens (tertiary/aromatic N) is 4. The predicted molar refractivity (Wildman–Crippen MR) is 159 cm³/mol. The molecule has 5 aromatic rings. The Labute approximate surface area is 247 Å². The van der Waals surface area contributed by atoms with Crippen molar-refractivity contribution >= 4 is 23.4 Å². The van der Waals surface area contributed by atoms with E-state index < -0.39 is 5.25 Å². The molecule has 42 heavy (non-hydrogen) atoms. The molecule has 0 aliphatic rings. The Morgan fingerprint density at radius 1 is 1.00 bits per heavy atom. The standard InChI is InChI=1S/C31H30FN5O4S/c1-18-7-6-8-19(2)28(18)34-29(38)20(3)42-31-33-16-24(21-9-12-23(32)13-10-21)37(31)17-27-35-36-30(41-27)22-11-14-25(39-4)26(15-22)40-5/h6-16,20H,17H2,1-5H3,(H,34,38)/t20-/m0/s1. The number of methoxy groups -OCH3 is 2. The molecular formula is C31H30FN5O4S. The second-order valence-electron chi connectivity index (χ2n) is 9.61. The molecule has 216 valence electrons. The molecule has 0 aliphatic heterocycles. The molecule has 2 heterocycles. The van der Waals surface area contributed by atoms with Gasteiger partial charge in [-0.2, -0.15) is 0 Å². The van der Waals surface area contributed by atoms with Crippen LogP contribution in [0.3, 0.4) is 0 Å². The summed E-state index contributed by atoms with van der Waals surface area (Å²) in [4.78, 5) is 17.8. The highest BCUT2D eigenvalue weighted by molar-refractivity contribution is 8.00. The highest BCUT2D eigenvalue weighted by atomic mass is 32.2. The van der Waals surface area contributed by atoms with Gasteiger partial charge in [0.15, 0.2) is 16.7 Å². The number of carbonyl (C=O) groups is 1. The van der Waals surface area contributed by atoms with Crippen LogP contribution in [-0.2, 0) is 11.3 Å². The van der Waals surface area contributed by atoms with E-state index in [4.69, 9.17) is 13.9 Å². The second-order valence-corrected chi connectivity index (χ2v) is 10.9. The molecular weight excluding hydrogens is 557 g/mol. The van der Waals surface area contributed by atoms with Crippen LogP contribution in [0.25, 0.3) is 22.7 Å². The van der Waals surface area contributed by atoms with Crippen LogP contribution in [0.1, 0.15) is 23.9 Å². The fourth-order valence-electron chi connectivity index (χ4n) is 4.44. The number of para-hydroxylation sites is 1. The zero-order chi connectivity index (χ0) is 29.8. The van der Waals surface area contributed by atoms with E-state index in [1.54, 1.807) is 50.7 Å². The maximum Gasteiger partial charge on any atom is 0.247 e. The van der Waals surface area contributed by atoms with Gasteiger partial charge < -0.3 is 23.8 Å². The van der Waals surface area contributed by atoms with Crippen molar-refractivity contribution in [2.45, 2.75) is 37.7 Å². The van der Waals surface area contributed by atoms with Gasteiger partial charge in [-0.25, -0.2) is 9.37 Å². The zero-order valence-corrected chi connectivity index (χ0v) is 24.7. The summed E-state index contributed by atoms with van der Waals surface area (Å²) >= 11 is 1.30. The van der Waals surface area contributed by atoms with Gasteiger partial charge in [-0.3, -0.25) is 4.79 Å². The van der Waals surface area contributed by atoms with Gasteiger partial charge in [0.25, 0.3) is 0 Å². The van der Waals surface area contributed by atoms with E-state index in [0.29, 0.717) is 39.7 Å². The van der Waals surface area contributed by atoms with Gasteiger partial charge in [0.2, 0.25) is 17.7 Å². The first kappa shape index (κ1) is 28.9. The number of amides is 1. The number of nitrogens with one attached hydrogen (secondary N) is 1. The van der Waals surface area contributed by atoms with Crippen LogP contribution in [0.15, 0.2) is 76.4 Å². The quantitative estimate of drug-likeness (QED) is 0.184. The van der Waals surface area contributed by atoms with Gasteiger partial charge in [0.05, 0.1) is 31.4 Å². The Morgan fingerprint density at radius 2 is 1.69 bits per heavy atom. The number of aryl methyl sites for hydroxylation is 2. The molecule has 0 unspecified atom stereocenters. The molecule has 3 aromatic carbocycles.